The summed E-state index contributed by atoms with van der Waals surface area (Å²) >= 11 is 0. The highest BCUT2D eigenvalue weighted by Gasteiger charge is 2.42. The number of H-pyrrole nitrogens is 1. The van der Waals surface area contributed by atoms with E-state index < -0.39 is 37.4 Å². The van der Waals surface area contributed by atoms with Gasteiger partial charge in [-0.2, -0.15) is 4.98 Å². The first-order valence-corrected chi connectivity index (χ1v) is 11.2. The van der Waals surface area contributed by atoms with Crippen LogP contribution in [0.3, 0.4) is 0 Å². The number of phosphoric acid groups is 1. The maximum Gasteiger partial charge on any atom is 0.280 e. The van der Waals surface area contributed by atoms with Gasteiger partial charge in [-0.05, 0) is 32.6 Å². The molecule has 11 nitrogen and oxygen atoms in total. The number of nitrogens with one attached hydrogen (secondary N) is 1. The molecule has 2 aromatic rings. The maximum absolute atomic E-state index is 12.4. The lowest BCUT2D eigenvalue weighted by molar-refractivity contribution is -0.239. The second kappa shape index (κ2) is 7.72. The molecule has 3 heterocycles. The number of fused-ring (bicyclic) bond motifs is 1. The lowest BCUT2D eigenvalue weighted by atomic mass is 9.87. The van der Waals surface area contributed by atoms with Gasteiger partial charge in [0, 0.05) is 6.42 Å². The van der Waals surface area contributed by atoms with E-state index >= 15 is 0 Å². The van der Waals surface area contributed by atoms with E-state index in [9.17, 15) is 14.3 Å². The summed E-state index contributed by atoms with van der Waals surface area (Å²) in [6.07, 6.45) is 0.271. The third kappa shape index (κ3) is 5.47. The van der Waals surface area contributed by atoms with Crippen LogP contribution in [0.25, 0.3) is 11.2 Å². The highest BCUT2D eigenvalue weighted by atomic mass is 31.2. The molecule has 0 radical (unpaired) electrons. The molecule has 1 fully saturated rings. The summed E-state index contributed by atoms with van der Waals surface area (Å²) in [7, 11) is -4.58. The molecule has 2 aromatic heterocycles. The van der Waals surface area contributed by atoms with Crippen molar-refractivity contribution >= 4 is 24.9 Å². The number of ether oxygens (including phenoxy) is 1. The van der Waals surface area contributed by atoms with E-state index in [0.717, 1.165) is 0 Å². The molecule has 0 bridgehead atoms. The fourth-order valence-electron chi connectivity index (χ4n) is 3.45. The van der Waals surface area contributed by atoms with Crippen LogP contribution in [-0.4, -0.2) is 37.3 Å². The third-order valence-electron chi connectivity index (χ3n) is 4.41. The topological polar surface area (TPSA) is 157 Å². The zero-order chi connectivity index (χ0) is 22.5. The van der Waals surface area contributed by atoms with Crippen LogP contribution < -0.4 is 16.2 Å². The minimum absolute atomic E-state index is 0.0473. The molecule has 4 unspecified atom stereocenters. The van der Waals surface area contributed by atoms with Crippen molar-refractivity contribution in [2.75, 3.05) is 5.73 Å². The Hall–Kier alpha value is -1.78. The predicted octanol–water partition coefficient (Wildman–Crippen LogP) is 2.09. The van der Waals surface area contributed by atoms with Crippen LogP contribution in [0.1, 0.15) is 60.6 Å². The van der Waals surface area contributed by atoms with Gasteiger partial charge in [0.2, 0.25) is 5.95 Å². The maximum atomic E-state index is 12.4. The Bertz CT molecular complexity index is 1020. The number of hydrogen-bond acceptors (Lipinski definition) is 9. The summed E-state index contributed by atoms with van der Waals surface area (Å²) in [4.78, 5) is 35.1. The van der Waals surface area contributed by atoms with E-state index in [0.29, 0.717) is 6.42 Å². The number of rotatable bonds is 5. The zero-order valence-electron chi connectivity index (χ0n) is 18.0. The van der Waals surface area contributed by atoms with E-state index in [2.05, 4.69) is 15.0 Å². The van der Waals surface area contributed by atoms with Crippen molar-refractivity contribution in [2.45, 2.75) is 78.4 Å². The first-order valence-electron chi connectivity index (χ1n) is 9.71. The molecule has 0 amide bonds. The van der Waals surface area contributed by atoms with Crippen molar-refractivity contribution < 1.29 is 23.2 Å². The fourth-order valence-corrected chi connectivity index (χ4v) is 4.71. The number of anilines is 1. The van der Waals surface area contributed by atoms with Crippen LogP contribution in [0.2, 0.25) is 0 Å². The molecule has 1 aliphatic rings. The van der Waals surface area contributed by atoms with E-state index in [-0.39, 0.29) is 28.9 Å². The molecule has 0 spiro atoms. The van der Waals surface area contributed by atoms with Crippen LogP contribution in [-0.2, 0) is 18.3 Å². The Morgan fingerprint density at radius 3 is 2.63 bits per heavy atom. The average Bonchev–Trinajstić information content (AvgIpc) is 3.07. The van der Waals surface area contributed by atoms with E-state index in [4.69, 9.17) is 19.5 Å². The van der Waals surface area contributed by atoms with Crippen LogP contribution in [0.4, 0.5) is 5.95 Å². The number of phosphoric ester groups is 1. The number of nitrogens with two attached hydrogens (primary N) is 1. The second-order valence-electron chi connectivity index (χ2n) is 9.70. The van der Waals surface area contributed by atoms with Crippen LogP contribution in [0.5, 0.6) is 0 Å². The Balaban J connectivity index is 1.90. The summed E-state index contributed by atoms with van der Waals surface area (Å²) in [6.45, 7) is 11.0. The number of nitrogens with zero attached hydrogens (tertiary/aromatic N) is 3. The standard InChI is InChI=1S/C18H30N5O6P/c1-17(2,3)8-11-10(28-30(25,26)29-18(4,5)6)7-12(27-11)23-9-20-13-14(23)21-16(19)22-15(13)24/h9-12H,7-8H2,1-6H3,(H,25,26)(H3,19,21,22,24)/p-1. The molecule has 12 heteroatoms. The first kappa shape index (κ1) is 22.9. The van der Waals surface area contributed by atoms with Gasteiger partial charge in [-0.15, -0.1) is 0 Å². The van der Waals surface area contributed by atoms with Gasteiger partial charge >= 0.3 is 0 Å². The number of aromatic nitrogens is 4. The van der Waals surface area contributed by atoms with Gasteiger partial charge in [0.25, 0.3) is 13.4 Å². The largest absolute Gasteiger partial charge is 0.756 e. The quantitative estimate of drug-likeness (QED) is 0.661. The predicted molar refractivity (Wildman–Crippen MR) is 108 cm³/mol. The smallest absolute Gasteiger partial charge is 0.280 e. The van der Waals surface area contributed by atoms with Crippen molar-refractivity contribution in [1.82, 2.24) is 19.5 Å². The van der Waals surface area contributed by atoms with E-state index in [1.807, 2.05) is 20.8 Å². The minimum atomic E-state index is -4.58. The Labute approximate surface area is 174 Å². The summed E-state index contributed by atoms with van der Waals surface area (Å²) in [5, 5.41) is 0. The second-order valence-corrected chi connectivity index (χ2v) is 11.0. The molecular formula is C18H29N5O6P-. The van der Waals surface area contributed by atoms with Crippen LogP contribution >= 0.6 is 7.82 Å². The highest BCUT2D eigenvalue weighted by molar-refractivity contribution is 7.45. The zero-order valence-corrected chi connectivity index (χ0v) is 18.9. The molecule has 4 atom stereocenters. The van der Waals surface area contributed by atoms with Crippen LogP contribution in [0, 0.1) is 5.41 Å². The summed E-state index contributed by atoms with van der Waals surface area (Å²) in [6, 6.07) is 0. The van der Waals surface area contributed by atoms with Gasteiger partial charge < -0.3 is 24.4 Å². The molecule has 3 rings (SSSR count). The lowest BCUT2D eigenvalue weighted by Gasteiger charge is -2.34. The van der Waals surface area contributed by atoms with Crippen molar-refractivity contribution in [3.05, 3.63) is 16.7 Å². The van der Waals surface area contributed by atoms with Gasteiger partial charge in [-0.1, -0.05) is 20.8 Å². The van der Waals surface area contributed by atoms with Crippen molar-refractivity contribution in [1.29, 1.82) is 0 Å². The third-order valence-corrected chi connectivity index (χ3v) is 5.71. The molecule has 0 saturated carbocycles. The molecule has 0 aromatic carbocycles. The number of hydrogen-bond donors (Lipinski definition) is 2. The average molecular weight is 442 g/mol. The lowest BCUT2D eigenvalue weighted by Crippen LogP contribution is -2.31. The Morgan fingerprint density at radius 2 is 2.03 bits per heavy atom. The number of imidazole rings is 1. The molecule has 1 aliphatic heterocycles. The molecule has 0 aliphatic carbocycles. The van der Waals surface area contributed by atoms with Gasteiger partial charge in [-0.25, -0.2) is 4.98 Å². The molecule has 1 saturated heterocycles. The Kier molecular flexibility index (Phi) is 5.90. The summed E-state index contributed by atoms with van der Waals surface area (Å²) in [5.41, 5.74) is 4.52. The number of aromatic amines is 1. The number of nitrogen functional groups attached to an aromatic ring is 1. The fraction of sp³-hybridized carbons (Fsp3) is 0.722. The Morgan fingerprint density at radius 1 is 1.37 bits per heavy atom. The van der Waals surface area contributed by atoms with E-state index in [1.165, 1.54) is 6.33 Å². The summed E-state index contributed by atoms with van der Waals surface area (Å²) < 4.78 is 30.7. The van der Waals surface area contributed by atoms with Crippen molar-refractivity contribution in [3.8, 4) is 0 Å². The van der Waals surface area contributed by atoms with Crippen molar-refractivity contribution in [2.24, 2.45) is 5.41 Å². The van der Waals surface area contributed by atoms with Gasteiger partial charge in [0.05, 0.1) is 24.1 Å². The normalized spacial score (nSPS) is 25.0. The molecule has 168 valence electrons. The molecular weight excluding hydrogens is 413 g/mol. The van der Waals surface area contributed by atoms with Gasteiger partial charge in [0.1, 0.15) is 6.23 Å². The monoisotopic (exact) mass is 442 g/mol. The van der Waals surface area contributed by atoms with Crippen LogP contribution in [0.15, 0.2) is 11.1 Å². The molecule has 30 heavy (non-hydrogen) atoms. The molecule has 3 N–H and O–H groups in total. The minimum Gasteiger partial charge on any atom is -0.756 e. The van der Waals surface area contributed by atoms with E-state index in [1.54, 1.807) is 25.3 Å². The van der Waals surface area contributed by atoms with Gasteiger partial charge in [-0.3, -0.25) is 18.9 Å². The highest BCUT2D eigenvalue weighted by Crippen LogP contribution is 2.49. The SMILES string of the molecule is CC(C)(C)CC1OC(n2cnc3c(=O)[nH]c(N)nc32)CC1OP(=O)([O-])OC(C)(C)C. The van der Waals surface area contributed by atoms with Crippen molar-refractivity contribution in [3.63, 3.8) is 0 Å². The summed E-state index contributed by atoms with van der Waals surface area (Å²) in [5.74, 6) is -0.0473. The first-order chi connectivity index (χ1) is 13.6. The van der Waals surface area contributed by atoms with Gasteiger partial charge in [0.15, 0.2) is 11.2 Å².